The molecule has 1 aliphatic heterocycles. The number of carbonyl (C=O) groups excluding carboxylic acids is 1. The number of aromatic nitrogens is 1. The van der Waals surface area contributed by atoms with Crippen LogP contribution in [0.2, 0.25) is 0 Å². The second-order valence-electron chi connectivity index (χ2n) is 9.62. The number of benzene rings is 1. The van der Waals surface area contributed by atoms with Crippen LogP contribution in [0.4, 0.5) is 0 Å². The molecule has 0 bridgehead atoms. The lowest BCUT2D eigenvalue weighted by Crippen LogP contribution is -2.47. The Hall–Kier alpha value is -2.65. The quantitative estimate of drug-likeness (QED) is 0.608. The van der Waals surface area contributed by atoms with E-state index in [1.807, 2.05) is 24.3 Å². The second-order valence-corrected chi connectivity index (χ2v) is 11.5. The highest BCUT2D eigenvalue weighted by molar-refractivity contribution is 7.89. The smallest absolute Gasteiger partial charge is 0.248 e. The highest BCUT2D eigenvalue weighted by atomic mass is 32.2. The van der Waals surface area contributed by atoms with E-state index in [1.165, 1.54) is 10.7 Å². The lowest BCUT2D eigenvalue weighted by molar-refractivity contribution is -0.127. The van der Waals surface area contributed by atoms with Gasteiger partial charge in [-0.2, -0.15) is 4.31 Å². The lowest BCUT2D eigenvalue weighted by atomic mass is 9.85. The summed E-state index contributed by atoms with van der Waals surface area (Å²) in [7, 11) is -2.20. The summed E-state index contributed by atoms with van der Waals surface area (Å²) in [5, 5.41) is 7.14. The van der Waals surface area contributed by atoms with E-state index >= 15 is 0 Å². The minimum absolute atomic E-state index is 0.0603. The Balaban J connectivity index is 1.41. The van der Waals surface area contributed by atoms with Crippen LogP contribution in [-0.2, 0) is 14.8 Å². The molecule has 0 radical (unpaired) electrons. The number of nitrogens with zero attached hydrogens (tertiary/aromatic N) is 2. The molecule has 1 amide bonds. The van der Waals surface area contributed by atoms with Crippen molar-refractivity contribution in [1.29, 1.82) is 0 Å². The van der Waals surface area contributed by atoms with Gasteiger partial charge in [0.25, 0.3) is 0 Å². The molecule has 1 saturated heterocycles. The molecule has 1 aromatic carbocycles. The largest absolute Gasteiger partial charge is 0.497 e. The number of carbonyl (C=O) groups is 1. The summed E-state index contributed by atoms with van der Waals surface area (Å²) < 4.78 is 39.0. The van der Waals surface area contributed by atoms with E-state index in [0.717, 1.165) is 30.6 Å². The Morgan fingerprint density at radius 3 is 2.46 bits per heavy atom. The summed E-state index contributed by atoms with van der Waals surface area (Å²) in [4.78, 5) is 12.9. The van der Waals surface area contributed by atoms with Gasteiger partial charge in [-0.1, -0.05) is 43.1 Å². The molecule has 2 atom stereocenters. The van der Waals surface area contributed by atoms with Gasteiger partial charge in [0.05, 0.1) is 7.11 Å². The molecule has 2 fully saturated rings. The Labute approximate surface area is 207 Å². The third-order valence-corrected chi connectivity index (χ3v) is 9.30. The van der Waals surface area contributed by atoms with Crippen LogP contribution >= 0.6 is 0 Å². The van der Waals surface area contributed by atoms with Gasteiger partial charge in [0.2, 0.25) is 15.9 Å². The number of nitrogens with one attached hydrogen (secondary N) is 1. The van der Waals surface area contributed by atoms with E-state index in [0.29, 0.717) is 37.5 Å². The third-order valence-electron chi connectivity index (χ3n) is 7.24. The Bertz CT molecular complexity index is 1150. The number of hydrogen-bond acceptors (Lipinski definition) is 6. The molecule has 9 heteroatoms. The summed E-state index contributed by atoms with van der Waals surface area (Å²) in [5.41, 5.74) is 1.20. The predicted molar refractivity (Wildman–Crippen MR) is 134 cm³/mol. The first-order chi connectivity index (χ1) is 16.8. The Morgan fingerprint density at radius 1 is 1.11 bits per heavy atom. The number of rotatable bonds is 7. The molecular formula is C26H35N3O5S. The summed E-state index contributed by atoms with van der Waals surface area (Å²) in [5.74, 6) is 1.34. The van der Waals surface area contributed by atoms with Crippen molar-refractivity contribution in [3.8, 4) is 5.75 Å². The molecule has 1 aliphatic carbocycles. The summed E-state index contributed by atoms with van der Waals surface area (Å²) >= 11 is 0. The lowest BCUT2D eigenvalue weighted by Gasteiger charge is -2.34. The Kier molecular flexibility index (Phi) is 7.96. The summed E-state index contributed by atoms with van der Waals surface area (Å²) in [6, 6.07) is 7.64. The SMILES string of the molecule is COc1ccc(/C=C\c2onc(C)c2S(=O)(=O)N2CCC(C(=O)N[C@@H]3CCCC[C@@H]3C)CC2)cc1. The molecule has 2 aromatic rings. The normalized spacial score (nSPS) is 22.4. The summed E-state index contributed by atoms with van der Waals surface area (Å²) in [6.07, 6.45) is 8.97. The zero-order valence-electron chi connectivity index (χ0n) is 20.7. The molecule has 4 rings (SSSR count). The van der Waals surface area contributed by atoms with Gasteiger partial charge < -0.3 is 14.6 Å². The van der Waals surface area contributed by atoms with Crippen molar-refractivity contribution < 1.29 is 22.5 Å². The highest BCUT2D eigenvalue weighted by Gasteiger charge is 2.36. The summed E-state index contributed by atoms with van der Waals surface area (Å²) in [6.45, 7) is 4.42. The fourth-order valence-electron chi connectivity index (χ4n) is 5.00. The molecule has 1 N–H and O–H groups in total. The minimum Gasteiger partial charge on any atom is -0.497 e. The van der Waals surface area contributed by atoms with Gasteiger partial charge in [-0.05, 0) is 62.3 Å². The molecular weight excluding hydrogens is 466 g/mol. The van der Waals surface area contributed by atoms with Crippen LogP contribution in [0.1, 0.15) is 62.5 Å². The van der Waals surface area contributed by atoms with Crippen molar-refractivity contribution in [2.75, 3.05) is 20.2 Å². The van der Waals surface area contributed by atoms with Crippen LogP contribution in [-0.4, -0.2) is 50.0 Å². The van der Waals surface area contributed by atoms with Gasteiger partial charge in [-0.25, -0.2) is 8.42 Å². The molecule has 1 saturated carbocycles. The van der Waals surface area contributed by atoms with Gasteiger partial charge in [0.1, 0.15) is 11.4 Å². The minimum atomic E-state index is -3.81. The standard InChI is InChI=1S/C26H35N3O5S/c1-18-6-4-5-7-23(18)27-26(30)21-14-16-29(17-15-21)35(31,32)25-19(2)28-34-24(25)13-10-20-8-11-22(33-3)12-9-20/h8-13,18,21,23H,4-7,14-17H2,1-3H3,(H,27,30)/b13-10-/t18-,23+/m0/s1. The van der Waals surface area contributed by atoms with Crippen LogP contribution in [0.3, 0.4) is 0 Å². The van der Waals surface area contributed by atoms with Crippen LogP contribution in [0.5, 0.6) is 5.75 Å². The van der Waals surface area contributed by atoms with Crippen molar-refractivity contribution in [3.63, 3.8) is 0 Å². The number of methoxy groups -OCH3 is 1. The number of piperidine rings is 1. The van der Waals surface area contributed by atoms with Gasteiger partial charge >= 0.3 is 0 Å². The fraction of sp³-hybridized carbons (Fsp3) is 0.538. The van der Waals surface area contributed by atoms with E-state index in [1.54, 1.807) is 26.2 Å². The monoisotopic (exact) mass is 501 g/mol. The first-order valence-corrected chi connectivity index (χ1v) is 13.8. The average molecular weight is 502 g/mol. The van der Waals surface area contributed by atoms with Crippen molar-refractivity contribution in [2.45, 2.75) is 63.3 Å². The van der Waals surface area contributed by atoms with Crippen molar-refractivity contribution >= 4 is 28.1 Å². The van der Waals surface area contributed by atoms with E-state index in [9.17, 15) is 13.2 Å². The van der Waals surface area contributed by atoms with Gasteiger partial charge in [-0.15, -0.1) is 0 Å². The van der Waals surface area contributed by atoms with Crippen molar-refractivity contribution in [2.24, 2.45) is 11.8 Å². The maximum Gasteiger partial charge on any atom is 0.248 e. The number of ether oxygens (including phenoxy) is 1. The van der Waals surface area contributed by atoms with Gasteiger partial charge in [0.15, 0.2) is 10.7 Å². The molecule has 2 heterocycles. The molecule has 0 unspecified atom stereocenters. The number of amides is 1. The zero-order valence-corrected chi connectivity index (χ0v) is 21.5. The number of hydrogen-bond donors (Lipinski definition) is 1. The van der Waals surface area contributed by atoms with Crippen LogP contribution in [0.15, 0.2) is 33.7 Å². The van der Waals surface area contributed by atoms with Crippen molar-refractivity contribution in [1.82, 2.24) is 14.8 Å². The maximum atomic E-state index is 13.5. The first-order valence-electron chi connectivity index (χ1n) is 12.4. The second kappa shape index (κ2) is 11.0. The molecule has 190 valence electrons. The van der Waals surface area contributed by atoms with E-state index in [4.69, 9.17) is 9.26 Å². The van der Waals surface area contributed by atoms with E-state index in [-0.39, 0.29) is 28.5 Å². The number of aryl methyl sites for hydroxylation is 1. The topological polar surface area (TPSA) is 102 Å². The average Bonchev–Trinajstić information content (AvgIpc) is 3.25. The predicted octanol–water partition coefficient (Wildman–Crippen LogP) is 4.26. The molecule has 2 aliphatic rings. The highest BCUT2D eigenvalue weighted by Crippen LogP contribution is 2.30. The third kappa shape index (κ3) is 5.78. The zero-order chi connectivity index (χ0) is 25.0. The van der Waals surface area contributed by atoms with E-state index in [2.05, 4.69) is 17.4 Å². The molecule has 8 nitrogen and oxygen atoms in total. The molecule has 35 heavy (non-hydrogen) atoms. The fourth-order valence-corrected chi connectivity index (χ4v) is 6.72. The van der Waals surface area contributed by atoms with Gasteiger partial charge in [-0.3, -0.25) is 4.79 Å². The molecule has 1 aromatic heterocycles. The maximum absolute atomic E-state index is 13.5. The van der Waals surface area contributed by atoms with Gasteiger partial charge in [0, 0.05) is 25.0 Å². The van der Waals surface area contributed by atoms with Crippen molar-refractivity contribution in [3.05, 3.63) is 41.3 Å². The molecule has 0 spiro atoms. The number of sulfonamides is 1. The Morgan fingerprint density at radius 2 is 1.80 bits per heavy atom. The van der Waals surface area contributed by atoms with Crippen LogP contribution in [0, 0.1) is 18.8 Å². The van der Waals surface area contributed by atoms with Crippen LogP contribution in [0.25, 0.3) is 12.2 Å². The van der Waals surface area contributed by atoms with Crippen LogP contribution < -0.4 is 10.1 Å². The first kappa shape index (κ1) is 25.4. The van der Waals surface area contributed by atoms with E-state index < -0.39 is 10.0 Å².